The van der Waals surface area contributed by atoms with Crippen molar-refractivity contribution in [3.8, 4) is 0 Å². The lowest BCUT2D eigenvalue weighted by atomic mass is 9.92. The van der Waals surface area contributed by atoms with Crippen LogP contribution in [-0.2, 0) is 20.6 Å². The van der Waals surface area contributed by atoms with E-state index < -0.39 is 0 Å². The Morgan fingerprint density at radius 1 is 1.35 bits per heavy atom. The van der Waals surface area contributed by atoms with E-state index >= 15 is 0 Å². The van der Waals surface area contributed by atoms with Gasteiger partial charge in [0.1, 0.15) is 0 Å². The SMILES string of the molecule is CC(N)C1CCCN(Cc2cc(=O)n(C)c(=O)n2C)C1. The summed E-state index contributed by atoms with van der Waals surface area (Å²) in [5, 5.41) is 0. The summed E-state index contributed by atoms with van der Waals surface area (Å²) in [5.41, 5.74) is 6.24. The van der Waals surface area contributed by atoms with E-state index in [1.165, 1.54) is 7.05 Å². The zero-order valence-electron chi connectivity index (χ0n) is 12.5. The van der Waals surface area contributed by atoms with Gasteiger partial charge in [-0.1, -0.05) is 0 Å². The van der Waals surface area contributed by atoms with Crippen molar-refractivity contribution in [3.05, 3.63) is 32.6 Å². The Bertz CT molecular complexity index is 588. The molecule has 0 spiro atoms. The van der Waals surface area contributed by atoms with Gasteiger partial charge in [-0.2, -0.15) is 0 Å². The topological polar surface area (TPSA) is 73.3 Å². The zero-order chi connectivity index (χ0) is 14.9. The van der Waals surface area contributed by atoms with E-state index in [1.54, 1.807) is 17.7 Å². The van der Waals surface area contributed by atoms with Gasteiger partial charge < -0.3 is 5.73 Å². The van der Waals surface area contributed by atoms with E-state index in [2.05, 4.69) is 4.90 Å². The Labute approximate surface area is 118 Å². The molecule has 1 saturated heterocycles. The van der Waals surface area contributed by atoms with Crippen LogP contribution < -0.4 is 17.0 Å². The second-order valence-electron chi connectivity index (χ2n) is 5.87. The third-order valence-electron chi connectivity index (χ3n) is 4.30. The van der Waals surface area contributed by atoms with Gasteiger partial charge in [0.05, 0.1) is 0 Å². The molecule has 20 heavy (non-hydrogen) atoms. The van der Waals surface area contributed by atoms with Crippen LogP contribution in [-0.4, -0.2) is 33.2 Å². The highest BCUT2D eigenvalue weighted by Gasteiger charge is 2.23. The van der Waals surface area contributed by atoms with Crippen LogP contribution in [0.25, 0.3) is 0 Å². The summed E-state index contributed by atoms with van der Waals surface area (Å²) in [6.45, 7) is 4.60. The summed E-state index contributed by atoms with van der Waals surface area (Å²) in [5.74, 6) is 0.493. The van der Waals surface area contributed by atoms with Crippen molar-refractivity contribution in [2.75, 3.05) is 13.1 Å². The highest BCUT2D eigenvalue weighted by atomic mass is 16.2. The monoisotopic (exact) mass is 280 g/mol. The molecule has 2 N–H and O–H groups in total. The number of piperidine rings is 1. The summed E-state index contributed by atoms with van der Waals surface area (Å²) in [4.78, 5) is 25.9. The molecule has 0 aliphatic carbocycles. The third kappa shape index (κ3) is 3.02. The summed E-state index contributed by atoms with van der Waals surface area (Å²) in [6, 6.07) is 1.74. The standard InChI is InChI=1S/C14H24N4O2/c1-10(15)11-5-4-6-18(8-11)9-12-7-13(19)17(3)14(20)16(12)2/h7,10-11H,4-6,8-9,15H2,1-3H3. The van der Waals surface area contributed by atoms with Gasteiger partial charge in [-0.25, -0.2) is 4.79 Å². The normalized spacial score (nSPS) is 21.9. The van der Waals surface area contributed by atoms with Gasteiger partial charge in [-0.05, 0) is 32.2 Å². The van der Waals surface area contributed by atoms with Crippen LogP contribution in [0.5, 0.6) is 0 Å². The molecule has 2 heterocycles. The molecule has 0 aromatic carbocycles. The Hall–Kier alpha value is -1.40. The number of nitrogens with zero attached hydrogens (tertiary/aromatic N) is 3. The van der Waals surface area contributed by atoms with Gasteiger partial charge in [0, 0.05) is 45.0 Å². The van der Waals surface area contributed by atoms with Gasteiger partial charge in [0.2, 0.25) is 0 Å². The molecular weight excluding hydrogens is 256 g/mol. The molecule has 1 aromatic heterocycles. The first kappa shape index (κ1) is 15.0. The molecule has 0 bridgehead atoms. The van der Waals surface area contributed by atoms with Gasteiger partial charge in [0.15, 0.2) is 0 Å². The molecule has 2 rings (SSSR count). The number of hydrogen-bond acceptors (Lipinski definition) is 4. The fraction of sp³-hybridized carbons (Fsp3) is 0.714. The van der Waals surface area contributed by atoms with Gasteiger partial charge >= 0.3 is 5.69 Å². The summed E-state index contributed by atoms with van der Waals surface area (Å²) in [7, 11) is 3.21. The molecule has 112 valence electrons. The Kier molecular flexibility index (Phi) is 4.45. The van der Waals surface area contributed by atoms with Crippen molar-refractivity contribution in [3.63, 3.8) is 0 Å². The molecule has 6 nitrogen and oxygen atoms in total. The average molecular weight is 280 g/mol. The maximum atomic E-state index is 11.9. The first-order chi connectivity index (χ1) is 9.40. The van der Waals surface area contributed by atoms with E-state index in [0.29, 0.717) is 12.5 Å². The van der Waals surface area contributed by atoms with Crippen LogP contribution in [0.1, 0.15) is 25.5 Å². The largest absolute Gasteiger partial charge is 0.330 e. The predicted octanol–water partition coefficient (Wildman–Crippen LogP) is -0.357. The minimum atomic E-state index is -0.270. The van der Waals surface area contributed by atoms with Crippen molar-refractivity contribution in [2.45, 2.75) is 32.4 Å². The first-order valence-electron chi connectivity index (χ1n) is 7.14. The molecule has 0 amide bonds. The van der Waals surface area contributed by atoms with Gasteiger partial charge in [-0.3, -0.25) is 18.8 Å². The lowest BCUT2D eigenvalue weighted by Gasteiger charge is -2.34. The first-order valence-corrected chi connectivity index (χ1v) is 7.14. The third-order valence-corrected chi connectivity index (χ3v) is 4.30. The summed E-state index contributed by atoms with van der Waals surface area (Å²) >= 11 is 0. The van der Waals surface area contributed by atoms with Crippen LogP contribution >= 0.6 is 0 Å². The van der Waals surface area contributed by atoms with Crippen molar-refractivity contribution >= 4 is 0 Å². The molecular formula is C14H24N4O2. The van der Waals surface area contributed by atoms with Crippen LogP contribution in [0.15, 0.2) is 15.7 Å². The van der Waals surface area contributed by atoms with Crippen molar-refractivity contribution in [1.29, 1.82) is 0 Å². The van der Waals surface area contributed by atoms with Crippen LogP contribution in [0.3, 0.4) is 0 Å². The maximum absolute atomic E-state index is 11.9. The van der Waals surface area contributed by atoms with Crippen LogP contribution in [0.4, 0.5) is 0 Å². The Balaban J connectivity index is 2.18. The highest BCUT2D eigenvalue weighted by molar-refractivity contribution is 5.02. The highest BCUT2D eigenvalue weighted by Crippen LogP contribution is 2.19. The lowest BCUT2D eigenvalue weighted by molar-refractivity contribution is 0.151. The van der Waals surface area contributed by atoms with E-state index in [1.807, 2.05) is 6.92 Å². The van der Waals surface area contributed by atoms with Crippen LogP contribution in [0.2, 0.25) is 0 Å². The molecule has 1 aliphatic heterocycles. The molecule has 1 fully saturated rings. The fourth-order valence-electron chi connectivity index (χ4n) is 2.82. The van der Waals surface area contributed by atoms with Gasteiger partial charge in [-0.15, -0.1) is 0 Å². The number of hydrogen-bond donors (Lipinski definition) is 1. The summed E-state index contributed by atoms with van der Waals surface area (Å²) in [6.07, 6.45) is 2.27. The molecule has 1 aliphatic rings. The zero-order valence-corrected chi connectivity index (χ0v) is 12.5. The average Bonchev–Trinajstić information content (AvgIpc) is 2.42. The molecule has 2 unspecified atom stereocenters. The lowest BCUT2D eigenvalue weighted by Crippen LogP contribution is -2.44. The van der Waals surface area contributed by atoms with E-state index in [-0.39, 0.29) is 17.3 Å². The molecule has 6 heteroatoms. The molecule has 0 radical (unpaired) electrons. The molecule has 1 aromatic rings. The van der Waals surface area contributed by atoms with Crippen molar-refractivity contribution in [2.24, 2.45) is 25.7 Å². The minimum absolute atomic E-state index is 0.185. The number of likely N-dealkylation sites (tertiary alicyclic amines) is 1. The number of rotatable bonds is 3. The fourth-order valence-corrected chi connectivity index (χ4v) is 2.82. The van der Waals surface area contributed by atoms with E-state index in [4.69, 9.17) is 5.73 Å². The summed E-state index contributed by atoms with van der Waals surface area (Å²) < 4.78 is 2.68. The van der Waals surface area contributed by atoms with E-state index in [9.17, 15) is 9.59 Å². The number of nitrogens with two attached hydrogens (primary N) is 1. The Morgan fingerprint density at radius 2 is 2.05 bits per heavy atom. The minimum Gasteiger partial charge on any atom is -0.328 e. The smallest absolute Gasteiger partial charge is 0.328 e. The van der Waals surface area contributed by atoms with Crippen molar-refractivity contribution in [1.82, 2.24) is 14.0 Å². The quantitative estimate of drug-likeness (QED) is 0.821. The number of aromatic nitrogens is 2. The predicted molar refractivity (Wildman–Crippen MR) is 78.6 cm³/mol. The molecule has 2 atom stereocenters. The second kappa shape index (κ2) is 5.93. The molecule has 0 saturated carbocycles. The maximum Gasteiger partial charge on any atom is 0.330 e. The van der Waals surface area contributed by atoms with Crippen molar-refractivity contribution < 1.29 is 0 Å². The van der Waals surface area contributed by atoms with E-state index in [0.717, 1.165) is 36.2 Å². The van der Waals surface area contributed by atoms with Crippen LogP contribution in [0, 0.1) is 5.92 Å². The second-order valence-corrected chi connectivity index (χ2v) is 5.87. The Morgan fingerprint density at radius 3 is 2.70 bits per heavy atom. The van der Waals surface area contributed by atoms with Gasteiger partial charge in [0.25, 0.3) is 5.56 Å².